The standard InChI is InChI=1S/C22H35N5O.HI/c1-4-25(5-2)20-11-13-27(17-20)22(23-3)24-15-18-8-6-9-19(14-18)16-26-12-7-10-21(26)28;/h6,8-9,14,20H,4-5,7,10-13,15-17H2,1-3H3,(H,23,24);1H. The number of amides is 1. The molecule has 2 aliphatic rings. The Bertz CT molecular complexity index is 692. The van der Waals surface area contributed by atoms with Gasteiger partial charge in [0.05, 0.1) is 0 Å². The van der Waals surface area contributed by atoms with Crippen molar-refractivity contribution >= 4 is 35.8 Å². The molecule has 7 heteroatoms. The molecule has 3 rings (SSSR count). The Hall–Kier alpha value is -1.35. The first kappa shape index (κ1) is 23.9. The average Bonchev–Trinajstić information content (AvgIpc) is 3.34. The minimum Gasteiger partial charge on any atom is -0.352 e. The fraction of sp³-hybridized carbons (Fsp3) is 0.636. The van der Waals surface area contributed by atoms with Crippen LogP contribution in [0.5, 0.6) is 0 Å². The van der Waals surface area contributed by atoms with E-state index in [0.29, 0.717) is 12.5 Å². The van der Waals surface area contributed by atoms with E-state index in [1.54, 1.807) is 0 Å². The van der Waals surface area contributed by atoms with Gasteiger partial charge in [0, 0.05) is 52.2 Å². The Balaban J connectivity index is 0.00000300. The van der Waals surface area contributed by atoms with Crippen LogP contribution in [0.4, 0.5) is 0 Å². The van der Waals surface area contributed by atoms with E-state index in [4.69, 9.17) is 0 Å². The maximum Gasteiger partial charge on any atom is 0.222 e. The first-order valence-electron chi connectivity index (χ1n) is 10.7. The molecular formula is C22H36IN5O. The smallest absolute Gasteiger partial charge is 0.222 e. The molecule has 2 aliphatic heterocycles. The predicted octanol–water partition coefficient (Wildman–Crippen LogP) is 2.92. The Morgan fingerprint density at radius 2 is 2.00 bits per heavy atom. The number of rotatable bonds is 7. The zero-order valence-electron chi connectivity index (χ0n) is 18.1. The normalized spacial score (nSPS) is 19.8. The van der Waals surface area contributed by atoms with Crippen molar-refractivity contribution < 1.29 is 4.79 Å². The number of hydrogen-bond donors (Lipinski definition) is 1. The highest BCUT2D eigenvalue weighted by atomic mass is 127. The van der Waals surface area contributed by atoms with Crippen LogP contribution in [0.15, 0.2) is 29.3 Å². The molecule has 162 valence electrons. The molecule has 0 aromatic heterocycles. The molecule has 1 amide bonds. The molecule has 0 saturated carbocycles. The van der Waals surface area contributed by atoms with E-state index in [9.17, 15) is 4.79 Å². The van der Waals surface area contributed by atoms with Gasteiger partial charge in [0.25, 0.3) is 0 Å². The molecule has 2 saturated heterocycles. The fourth-order valence-electron chi connectivity index (χ4n) is 4.42. The Kier molecular flexibility index (Phi) is 9.68. The van der Waals surface area contributed by atoms with Crippen molar-refractivity contribution in [2.45, 2.75) is 52.2 Å². The maximum absolute atomic E-state index is 11.9. The van der Waals surface area contributed by atoms with E-state index >= 15 is 0 Å². The number of likely N-dealkylation sites (N-methyl/N-ethyl adjacent to an activating group) is 1. The molecule has 0 spiro atoms. The molecule has 2 fully saturated rings. The van der Waals surface area contributed by atoms with Crippen LogP contribution >= 0.6 is 24.0 Å². The van der Waals surface area contributed by atoms with Gasteiger partial charge < -0.3 is 15.1 Å². The molecule has 1 atom stereocenters. The Morgan fingerprint density at radius 1 is 1.24 bits per heavy atom. The number of nitrogens with zero attached hydrogens (tertiary/aromatic N) is 4. The summed E-state index contributed by atoms with van der Waals surface area (Å²) in [4.78, 5) is 23.2. The molecule has 1 unspecified atom stereocenters. The predicted molar refractivity (Wildman–Crippen MR) is 130 cm³/mol. The highest BCUT2D eigenvalue weighted by molar-refractivity contribution is 14.0. The zero-order valence-corrected chi connectivity index (χ0v) is 20.4. The molecule has 0 bridgehead atoms. The van der Waals surface area contributed by atoms with Crippen molar-refractivity contribution in [1.82, 2.24) is 20.0 Å². The van der Waals surface area contributed by atoms with E-state index in [0.717, 1.165) is 58.2 Å². The molecule has 6 nitrogen and oxygen atoms in total. The monoisotopic (exact) mass is 513 g/mol. The lowest BCUT2D eigenvalue weighted by atomic mass is 10.1. The van der Waals surface area contributed by atoms with Gasteiger partial charge >= 0.3 is 0 Å². The number of nitrogens with one attached hydrogen (secondary N) is 1. The SMILES string of the molecule is CCN(CC)C1CCN(C(=NC)NCc2cccc(CN3CCCC3=O)c2)C1.I. The second-order valence-electron chi connectivity index (χ2n) is 7.75. The molecule has 0 aliphatic carbocycles. The van der Waals surface area contributed by atoms with Gasteiger partial charge in [0.15, 0.2) is 5.96 Å². The quantitative estimate of drug-likeness (QED) is 0.346. The molecule has 1 aromatic carbocycles. The van der Waals surface area contributed by atoms with Crippen LogP contribution in [-0.4, -0.2) is 72.4 Å². The van der Waals surface area contributed by atoms with E-state index in [1.165, 1.54) is 17.5 Å². The van der Waals surface area contributed by atoms with E-state index < -0.39 is 0 Å². The average molecular weight is 513 g/mol. The van der Waals surface area contributed by atoms with Crippen LogP contribution in [-0.2, 0) is 17.9 Å². The van der Waals surface area contributed by atoms with Crippen molar-refractivity contribution in [2.24, 2.45) is 4.99 Å². The summed E-state index contributed by atoms with van der Waals surface area (Å²) in [5.41, 5.74) is 2.43. The highest BCUT2D eigenvalue weighted by Gasteiger charge is 2.28. The molecule has 0 radical (unpaired) electrons. The van der Waals surface area contributed by atoms with Crippen molar-refractivity contribution in [3.8, 4) is 0 Å². The number of aliphatic imine (C=N–C) groups is 1. The van der Waals surface area contributed by atoms with Crippen LogP contribution < -0.4 is 5.32 Å². The third-order valence-electron chi connectivity index (χ3n) is 5.99. The number of guanidine groups is 1. The molecule has 2 heterocycles. The summed E-state index contributed by atoms with van der Waals surface area (Å²) in [6, 6.07) is 9.16. The summed E-state index contributed by atoms with van der Waals surface area (Å²) in [6.07, 6.45) is 2.88. The first-order valence-corrected chi connectivity index (χ1v) is 10.7. The van der Waals surface area contributed by atoms with Gasteiger partial charge in [-0.1, -0.05) is 38.1 Å². The van der Waals surface area contributed by atoms with Crippen LogP contribution in [0.2, 0.25) is 0 Å². The van der Waals surface area contributed by atoms with Crippen molar-refractivity contribution in [2.75, 3.05) is 39.8 Å². The lowest BCUT2D eigenvalue weighted by molar-refractivity contribution is -0.128. The number of likely N-dealkylation sites (tertiary alicyclic amines) is 2. The fourth-order valence-corrected chi connectivity index (χ4v) is 4.42. The Morgan fingerprint density at radius 3 is 2.66 bits per heavy atom. The number of halogens is 1. The molecule has 29 heavy (non-hydrogen) atoms. The third-order valence-corrected chi connectivity index (χ3v) is 5.99. The second-order valence-corrected chi connectivity index (χ2v) is 7.75. The number of carbonyl (C=O) groups excluding carboxylic acids is 1. The minimum atomic E-state index is 0. The van der Waals surface area contributed by atoms with Crippen molar-refractivity contribution in [1.29, 1.82) is 0 Å². The number of benzene rings is 1. The summed E-state index contributed by atoms with van der Waals surface area (Å²) in [6.45, 7) is 11.1. The Labute approximate surface area is 192 Å². The maximum atomic E-state index is 11.9. The summed E-state index contributed by atoms with van der Waals surface area (Å²) in [7, 11) is 1.86. The highest BCUT2D eigenvalue weighted by Crippen LogP contribution is 2.17. The summed E-state index contributed by atoms with van der Waals surface area (Å²) in [5.74, 6) is 1.26. The van der Waals surface area contributed by atoms with Crippen LogP contribution in [0.3, 0.4) is 0 Å². The summed E-state index contributed by atoms with van der Waals surface area (Å²) in [5, 5.41) is 3.53. The molecular weight excluding hydrogens is 477 g/mol. The second kappa shape index (κ2) is 11.7. The van der Waals surface area contributed by atoms with E-state index in [1.807, 2.05) is 11.9 Å². The lowest BCUT2D eigenvalue weighted by Crippen LogP contribution is -2.43. The molecule has 1 aromatic rings. The lowest BCUT2D eigenvalue weighted by Gasteiger charge is -2.27. The zero-order chi connectivity index (χ0) is 19.9. The van der Waals surface area contributed by atoms with E-state index in [2.05, 4.69) is 58.2 Å². The van der Waals surface area contributed by atoms with E-state index in [-0.39, 0.29) is 29.9 Å². The van der Waals surface area contributed by atoms with Gasteiger partial charge in [-0.2, -0.15) is 0 Å². The topological polar surface area (TPSA) is 51.2 Å². The van der Waals surface area contributed by atoms with Gasteiger partial charge in [-0.3, -0.25) is 14.7 Å². The van der Waals surface area contributed by atoms with Gasteiger partial charge in [-0.05, 0) is 37.1 Å². The minimum absolute atomic E-state index is 0. The number of hydrogen-bond acceptors (Lipinski definition) is 3. The van der Waals surface area contributed by atoms with Crippen LogP contribution in [0, 0.1) is 0 Å². The van der Waals surface area contributed by atoms with Gasteiger partial charge in [0.1, 0.15) is 0 Å². The third kappa shape index (κ3) is 6.31. The summed E-state index contributed by atoms with van der Waals surface area (Å²) >= 11 is 0. The molecule has 1 N–H and O–H groups in total. The van der Waals surface area contributed by atoms with Crippen molar-refractivity contribution in [3.63, 3.8) is 0 Å². The van der Waals surface area contributed by atoms with Gasteiger partial charge in [-0.15, -0.1) is 24.0 Å². The first-order chi connectivity index (χ1) is 13.6. The van der Waals surface area contributed by atoms with Gasteiger partial charge in [-0.25, -0.2) is 0 Å². The largest absolute Gasteiger partial charge is 0.352 e. The van der Waals surface area contributed by atoms with Crippen LogP contribution in [0.25, 0.3) is 0 Å². The van der Waals surface area contributed by atoms with Crippen molar-refractivity contribution in [3.05, 3.63) is 35.4 Å². The number of carbonyl (C=O) groups is 1. The summed E-state index contributed by atoms with van der Waals surface area (Å²) < 4.78 is 0. The van der Waals surface area contributed by atoms with Crippen LogP contribution in [0.1, 0.15) is 44.2 Å². The van der Waals surface area contributed by atoms with Gasteiger partial charge in [0.2, 0.25) is 5.91 Å².